The molecule has 0 unspecified atom stereocenters. The molecular weight excluding hydrogens is 364 g/mol. The summed E-state index contributed by atoms with van der Waals surface area (Å²) in [5.41, 5.74) is 3.90. The van der Waals surface area contributed by atoms with Gasteiger partial charge in [-0.3, -0.25) is 14.5 Å². The summed E-state index contributed by atoms with van der Waals surface area (Å²) in [5, 5.41) is 0. The Hall–Kier alpha value is -2.92. The Morgan fingerprint density at radius 2 is 1.66 bits per heavy atom. The molecule has 2 aromatic carbocycles. The number of carbonyl (C=O) groups is 2. The molecule has 2 aromatic rings. The number of hydrogen-bond donors (Lipinski definition) is 0. The van der Waals surface area contributed by atoms with Crippen molar-refractivity contribution < 1.29 is 14.3 Å². The van der Waals surface area contributed by atoms with E-state index in [-0.39, 0.29) is 11.8 Å². The summed E-state index contributed by atoms with van der Waals surface area (Å²) in [6.07, 6.45) is 0.627. The maximum absolute atomic E-state index is 13.2. The van der Waals surface area contributed by atoms with Gasteiger partial charge in [0.15, 0.2) is 0 Å². The van der Waals surface area contributed by atoms with Crippen molar-refractivity contribution in [2.75, 3.05) is 26.8 Å². The number of benzene rings is 2. The van der Waals surface area contributed by atoms with Crippen LogP contribution in [0, 0.1) is 6.92 Å². The van der Waals surface area contributed by atoms with Crippen LogP contribution in [-0.4, -0.2) is 48.4 Å². The van der Waals surface area contributed by atoms with E-state index in [1.807, 2.05) is 80.4 Å². The van der Waals surface area contributed by atoms with E-state index >= 15 is 0 Å². The zero-order valence-electron chi connectivity index (χ0n) is 17.4. The van der Waals surface area contributed by atoms with E-state index in [1.54, 1.807) is 0 Å². The van der Waals surface area contributed by atoms with Crippen LogP contribution in [0.25, 0.3) is 5.57 Å². The average molecular weight is 392 g/mol. The molecule has 0 N–H and O–H groups in total. The predicted molar refractivity (Wildman–Crippen MR) is 114 cm³/mol. The summed E-state index contributed by atoms with van der Waals surface area (Å²) in [7, 11) is 1.87. The van der Waals surface area contributed by atoms with Gasteiger partial charge >= 0.3 is 0 Å². The summed E-state index contributed by atoms with van der Waals surface area (Å²) in [5.74, 6) is -0.467. The lowest BCUT2D eigenvalue weighted by Gasteiger charge is -2.21. The number of nitrogens with zero attached hydrogens (tertiary/aromatic N) is 2. The first-order valence-electron chi connectivity index (χ1n) is 10.0. The van der Waals surface area contributed by atoms with E-state index in [0.717, 1.165) is 16.7 Å². The van der Waals surface area contributed by atoms with Crippen molar-refractivity contribution in [3.8, 4) is 0 Å². The summed E-state index contributed by atoms with van der Waals surface area (Å²) in [6.45, 7) is 6.00. The van der Waals surface area contributed by atoms with Gasteiger partial charge in [-0.15, -0.1) is 0 Å². The third-order valence-electron chi connectivity index (χ3n) is 5.00. The van der Waals surface area contributed by atoms with Crippen LogP contribution in [0.1, 0.15) is 30.0 Å². The highest BCUT2D eigenvalue weighted by atomic mass is 16.5. The van der Waals surface area contributed by atoms with Crippen LogP contribution in [0.5, 0.6) is 0 Å². The van der Waals surface area contributed by atoms with E-state index in [9.17, 15) is 9.59 Å². The first-order chi connectivity index (χ1) is 14.0. The zero-order valence-corrected chi connectivity index (χ0v) is 17.4. The van der Waals surface area contributed by atoms with E-state index in [1.165, 1.54) is 4.90 Å². The van der Waals surface area contributed by atoms with Gasteiger partial charge in [0.05, 0.1) is 5.57 Å². The Morgan fingerprint density at radius 1 is 0.966 bits per heavy atom. The molecule has 152 valence electrons. The van der Waals surface area contributed by atoms with Gasteiger partial charge in [-0.05, 0) is 31.4 Å². The lowest BCUT2D eigenvalue weighted by molar-refractivity contribution is -0.137. The molecule has 0 atom stereocenters. The molecule has 1 aliphatic heterocycles. The highest BCUT2D eigenvalue weighted by Gasteiger charge is 2.40. The molecule has 1 heterocycles. The topological polar surface area (TPSA) is 49.9 Å². The van der Waals surface area contributed by atoms with Gasteiger partial charge in [0.25, 0.3) is 11.8 Å². The molecule has 29 heavy (non-hydrogen) atoms. The molecule has 5 nitrogen and oxygen atoms in total. The molecule has 0 aromatic heterocycles. The molecule has 1 aliphatic rings. The number of carbonyl (C=O) groups excluding carboxylic acids is 2. The van der Waals surface area contributed by atoms with Gasteiger partial charge in [-0.2, -0.15) is 0 Å². The number of rotatable bonds is 9. The Kier molecular flexibility index (Phi) is 6.83. The third-order valence-corrected chi connectivity index (χ3v) is 5.00. The van der Waals surface area contributed by atoms with Gasteiger partial charge in [-0.1, -0.05) is 60.2 Å². The van der Waals surface area contributed by atoms with Crippen molar-refractivity contribution in [3.05, 3.63) is 77.0 Å². The molecule has 0 spiro atoms. The number of imide groups is 1. The SMILES string of the molecule is CCOCCCN1C(=O)C(c2ccc(C)cc2)=C(N(C)Cc2ccccc2)C1=O. The molecule has 5 heteroatoms. The Labute approximate surface area is 172 Å². The summed E-state index contributed by atoms with van der Waals surface area (Å²) in [4.78, 5) is 29.7. The fraction of sp³-hybridized carbons (Fsp3) is 0.333. The quantitative estimate of drug-likeness (QED) is 0.483. The molecule has 2 amide bonds. The molecule has 0 fully saturated rings. The second-order valence-electron chi connectivity index (χ2n) is 7.24. The second kappa shape index (κ2) is 9.52. The minimum absolute atomic E-state index is 0.231. The molecular formula is C24H28N2O3. The predicted octanol–water partition coefficient (Wildman–Crippen LogP) is 3.63. The van der Waals surface area contributed by atoms with Crippen molar-refractivity contribution in [2.24, 2.45) is 0 Å². The van der Waals surface area contributed by atoms with Crippen LogP contribution in [0.2, 0.25) is 0 Å². The van der Waals surface area contributed by atoms with Gasteiger partial charge in [0, 0.05) is 33.4 Å². The second-order valence-corrected chi connectivity index (χ2v) is 7.24. The van der Waals surface area contributed by atoms with Crippen molar-refractivity contribution >= 4 is 17.4 Å². The molecule has 0 saturated carbocycles. The monoisotopic (exact) mass is 392 g/mol. The third kappa shape index (κ3) is 4.74. The molecule has 0 saturated heterocycles. The van der Waals surface area contributed by atoms with Crippen LogP contribution in [0.3, 0.4) is 0 Å². The maximum atomic E-state index is 13.2. The van der Waals surface area contributed by atoms with Gasteiger partial charge in [0.2, 0.25) is 0 Å². The Balaban J connectivity index is 1.92. The standard InChI is InChI=1S/C24H28N2O3/c1-4-29-16-8-15-26-23(27)21(20-13-11-18(2)12-14-20)22(24(26)28)25(3)17-19-9-6-5-7-10-19/h5-7,9-14H,4,8,15-17H2,1-3H3. The minimum Gasteiger partial charge on any atom is -0.382 e. The Bertz CT molecular complexity index is 888. The first-order valence-corrected chi connectivity index (χ1v) is 10.0. The van der Waals surface area contributed by atoms with Crippen LogP contribution in [-0.2, 0) is 20.9 Å². The highest BCUT2D eigenvalue weighted by molar-refractivity contribution is 6.35. The van der Waals surface area contributed by atoms with E-state index in [4.69, 9.17) is 4.74 Å². The van der Waals surface area contributed by atoms with E-state index in [2.05, 4.69) is 0 Å². The minimum atomic E-state index is -0.236. The van der Waals surface area contributed by atoms with Crippen LogP contribution in [0.4, 0.5) is 0 Å². The van der Waals surface area contributed by atoms with Gasteiger partial charge in [-0.25, -0.2) is 0 Å². The fourth-order valence-electron chi connectivity index (χ4n) is 3.51. The molecule has 0 bridgehead atoms. The van der Waals surface area contributed by atoms with Crippen LogP contribution in [0.15, 0.2) is 60.3 Å². The fourth-order valence-corrected chi connectivity index (χ4v) is 3.51. The lowest BCUT2D eigenvalue weighted by atomic mass is 10.0. The van der Waals surface area contributed by atoms with Crippen molar-refractivity contribution in [1.82, 2.24) is 9.80 Å². The average Bonchev–Trinajstić information content (AvgIpc) is 2.97. The number of amides is 2. The van der Waals surface area contributed by atoms with Crippen LogP contribution >= 0.6 is 0 Å². The normalized spacial score (nSPS) is 14.1. The summed E-state index contributed by atoms with van der Waals surface area (Å²) >= 11 is 0. The Morgan fingerprint density at radius 3 is 2.31 bits per heavy atom. The van der Waals surface area contributed by atoms with Crippen LogP contribution < -0.4 is 0 Å². The van der Waals surface area contributed by atoms with E-state index in [0.29, 0.717) is 44.0 Å². The van der Waals surface area contributed by atoms with Gasteiger partial charge in [0.1, 0.15) is 5.70 Å². The first kappa shape index (κ1) is 20.8. The maximum Gasteiger partial charge on any atom is 0.277 e. The molecule has 3 rings (SSSR count). The van der Waals surface area contributed by atoms with Crippen molar-refractivity contribution in [1.29, 1.82) is 0 Å². The lowest BCUT2D eigenvalue weighted by Crippen LogP contribution is -2.35. The van der Waals surface area contributed by atoms with E-state index < -0.39 is 0 Å². The van der Waals surface area contributed by atoms with Crippen molar-refractivity contribution in [3.63, 3.8) is 0 Å². The van der Waals surface area contributed by atoms with Crippen molar-refractivity contribution in [2.45, 2.75) is 26.8 Å². The molecule has 0 aliphatic carbocycles. The zero-order chi connectivity index (χ0) is 20.8. The highest BCUT2D eigenvalue weighted by Crippen LogP contribution is 2.32. The number of aryl methyl sites for hydroxylation is 1. The summed E-state index contributed by atoms with van der Waals surface area (Å²) in [6, 6.07) is 17.7. The van der Waals surface area contributed by atoms with Gasteiger partial charge < -0.3 is 9.64 Å². The molecule has 0 radical (unpaired) electrons. The number of likely N-dealkylation sites (N-methyl/N-ethyl adjacent to an activating group) is 1. The smallest absolute Gasteiger partial charge is 0.277 e. The number of ether oxygens (including phenoxy) is 1. The largest absolute Gasteiger partial charge is 0.382 e. The number of hydrogen-bond acceptors (Lipinski definition) is 4. The summed E-state index contributed by atoms with van der Waals surface area (Å²) < 4.78 is 5.37.